The highest BCUT2D eigenvalue weighted by molar-refractivity contribution is 9.10. The molecule has 1 aromatic heterocycles. The third-order valence-corrected chi connectivity index (χ3v) is 5.75. The van der Waals surface area contributed by atoms with Crippen molar-refractivity contribution in [3.63, 3.8) is 0 Å². The van der Waals surface area contributed by atoms with Gasteiger partial charge >= 0.3 is 0 Å². The Kier molecular flexibility index (Phi) is 3.80. The van der Waals surface area contributed by atoms with Gasteiger partial charge in [0.25, 0.3) is 0 Å². The van der Waals surface area contributed by atoms with Crippen molar-refractivity contribution in [1.29, 1.82) is 0 Å². The van der Waals surface area contributed by atoms with E-state index in [0.29, 0.717) is 0 Å². The van der Waals surface area contributed by atoms with Gasteiger partial charge in [-0.25, -0.2) is 4.98 Å². The maximum absolute atomic E-state index is 11.8. The van der Waals surface area contributed by atoms with Crippen LogP contribution in [0.3, 0.4) is 0 Å². The summed E-state index contributed by atoms with van der Waals surface area (Å²) in [5.41, 5.74) is 1.81. The molecule has 1 amide bonds. The fourth-order valence-corrected chi connectivity index (χ4v) is 4.30. The maximum Gasteiger partial charge on any atom is 0.246 e. The molecule has 20 heavy (non-hydrogen) atoms. The molecule has 2 heterocycles. The molecule has 0 fully saturated rings. The molecule has 0 saturated carbocycles. The lowest BCUT2D eigenvalue weighted by Crippen LogP contribution is -2.23. The Labute approximate surface area is 132 Å². The van der Waals surface area contributed by atoms with Gasteiger partial charge in [-0.3, -0.25) is 4.79 Å². The fourth-order valence-electron chi connectivity index (χ4n) is 2.04. The quantitative estimate of drug-likeness (QED) is 0.869. The van der Waals surface area contributed by atoms with Crippen LogP contribution in [-0.4, -0.2) is 22.3 Å². The van der Waals surface area contributed by atoms with E-state index in [1.165, 1.54) is 23.3 Å². The number of amides is 1. The Morgan fingerprint density at radius 2 is 2.30 bits per heavy atom. The van der Waals surface area contributed by atoms with Crippen molar-refractivity contribution < 1.29 is 4.79 Å². The Bertz CT molecular complexity index is 688. The Balaban J connectivity index is 1.95. The van der Waals surface area contributed by atoms with E-state index in [2.05, 4.69) is 35.9 Å². The summed E-state index contributed by atoms with van der Waals surface area (Å²) in [5.74, 6) is 0.752. The normalized spacial score (nSPS) is 17.1. The number of halogens is 1. The molecular weight excluding hydrogens is 360 g/mol. The summed E-state index contributed by atoms with van der Waals surface area (Å²) in [6.45, 7) is 1.87. The van der Waals surface area contributed by atoms with Crippen LogP contribution in [-0.2, 0) is 4.79 Å². The standard InChI is InChI=1S/C12H11BrN4OS2/c1-5-15-12(20-17-5)19-9-4-8-6(3-7(9)13)10(14-2)11(18)16-8/h3-4,10,14H,1-2H3,(H,16,18). The van der Waals surface area contributed by atoms with E-state index in [1.807, 2.05) is 19.1 Å². The minimum Gasteiger partial charge on any atom is -0.324 e. The molecule has 104 valence electrons. The van der Waals surface area contributed by atoms with E-state index in [9.17, 15) is 4.79 Å². The van der Waals surface area contributed by atoms with Gasteiger partial charge in [-0.2, -0.15) is 4.37 Å². The van der Waals surface area contributed by atoms with Crippen LogP contribution < -0.4 is 10.6 Å². The number of anilines is 1. The molecule has 0 spiro atoms. The third-order valence-electron chi connectivity index (χ3n) is 2.93. The summed E-state index contributed by atoms with van der Waals surface area (Å²) in [4.78, 5) is 17.2. The molecule has 5 nitrogen and oxygen atoms in total. The molecule has 2 aromatic rings. The molecule has 0 aliphatic carbocycles. The maximum atomic E-state index is 11.8. The molecular formula is C12H11BrN4OS2. The van der Waals surface area contributed by atoms with Gasteiger partial charge in [0.05, 0.1) is 0 Å². The van der Waals surface area contributed by atoms with Gasteiger partial charge < -0.3 is 10.6 Å². The van der Waals surface area contributed by atoms with Crippen molar-refractivity contribution >= 4 is 50.8 Å². The minimum absolute atomic E-state index is 0.0247. The first-order valence-electron chi connectivity index (χ1n) is 5.88. The zero-order chi connectivity index (χ0) is 14.3. The van der Waals surface area contributed by atoms with Crippen molar-refractivity contribution in [3.05, 3.63) is 28.0 Å². The predicted molar refractivity (Wildman–Crippen MR) is 83.3 cm³/mol. The van der Waals surface area contributed by atoms with Crippen LogP contribution in [0.25, 0.3) is 0 Å². The lowest BCUT2D eigenvalue weighted by atomic mass is 10.1. The van der Waals surface area contributed by atoms with Gasteiger partial charge in [-0.1, -0.05) is 11.8 Å². The number of nitrogens with one attached hydrogen (secondary N) is 2. The molecule has 0 bridgehead atoms. The number of hydrogen-bond donors (Lipinski definition) is 2. The molecule has 1 aromatic carbocycles. The van der Waals surface area contributed by atoms with Crippen molar-refractivity contribution in [3.8, 4) is 0 Å². The highest BCUT2D eigenvalue weighted by Crippen LogP contribution is 2.41. The molecule has 8 heteroatoms. The average Bonchev–Trinajstić information content (AvgIpc) is 2.93. The number of fused-ring (bicyclic) bond motifs is 1. The zero-order valence-electron chi connectivity index (χ0n) is 10.7. The molecule has 1 aliphatic rings. The summed E-state index contributed by atoms with van der Waals surface area (Å²) in [6.07, 6.45) is 0. The van der Waals surface area contributed by atoms with Crippen LogP contribution in [0.1, 0.15) is 17.4 Å². The molecule has 1 aliphatic heterocycles. The zero-order valence-corrected chi connectivity index (χ0v) is 13.9. The third kappa shape index (κ3) is 2.48. The highest BCUT2D eigenvalue weighted by Gasteiger charge is 2.30. The number of hydrogen-bond acceptors (Lipinski definition) is 6. The average molecular weight is 371 g/mol. The largest absolute Gasteiger partial charge is 0.324 e. The molecule has 1 unspecified atom stereocenters. The number of nitrogens with zero attached hydrogens (tertiary/aromatic N) is 2. The smallest absolute Gasteiger partial charge is 0.246 e. The van der Waals surface area contributed by atoms with Crippen LogP contribution in [0.5, 0.6) is 0 Å². The van der Waals surface area contributed by atoms with Gasteiger partial charge in [0.2, 0.25) is 5.91 Å². The number of carbonyl (C=O) groups excluding carboxylic acids is 1. The second-order valence-corrected chi connectivity index (χ2v) is 7.19. The summed E-state index contributed by atoms with van der Waals surface area (Å²) in [5, 5.41) is 5.90. The number of rotatable bonds is 3. The van der Waals surface area contributed by atoms with E-state index in [4.69, 9.17) is 0 Å². The van der Waals surface area contributed by atoms with Crippen molar-refractivity contribution in [2.45, 2.75) is 22.2 Å². The molecule has 0 radical (unpaired) electrons. The van der Waals surface area contributed by atoms with E-state index in [0.717, 1.165) is 30.8 Å². The van der Waals surface area contributed by atoms with Gasteiger partial charge in [0.15, 0.2) is 4.34 Å². The van der Waals surface area contributed by atoms with Crippen molar-refractivity contribution in [2.75, 3.05) is 12.4 Å². The first kappa shape index (κ1) is 14.0. The molecule has 3 rings (SSSR count). The van der Waals surface area contributed by atoms with Crippen LogP contribution in [0.2, 0.25) is 0 Å². The first-order chi connectivity index (χ1) is 9.58. The number of likely N-dealkylation sites (N-methyl/N-ethyl adjacent to an activating group) is 1. The van der Waals surface area contributed by atoms with Crippen LogP contribution in [0.4, 0.5) is 5.69 Å². The predicted octanol–water partition coefficient (Wildman–Crippen LogP) is 2.97. The van der Waals surface area contributed by atoms with Crippen LogP contribution in [0.15, 0.2) is 25.8 Å². The van der Waals surface area contributed by atoms with E-state index >= 15 is 0 Å². The van der Waals surface area contributed by atoms with E-state index < -0.39 is 0 Å². The molecule has 0 saturated heterocycles. The molecule has 2 N–H and O–H groups in total. The number of aromatic nitrogens is 2. The summed E-state index contributed by atoms with van der Waals surface area (Å²) < 4.78 is 6.00. The Morgan fingerprint density at radius 1 is 1.50 bits per heavy atom. The van der Waals surface area contributed by atoms with Gasteiger partial charge in [-0.05, 0) is 53.6 Å². The SMILES string of the molecule is CNC1C(=O)Nc2cc(Sc3nc(C)ns3)c(Br)cc21. The van der Waals surface area contributed by atoms with Gasteiger partial charge in [0, 0.05) is 20.6 Å². The first-order valence-corrected chi connectivity index (χ1v) is 8.26. The number of aryl methyl sites for hydroxylation is 1. The minimum atomic E-state index is -0.288. The lowest BCUT2D eigenvalue weighted by molar-refractivity contribution is -0.117. The second-order valence-electron chi connectivity index (χ2n) is 4.29. The molecule has 1 atom stereocenters. The number of benzene rings is 1. The van der Waals surface area contributed by atoms with Crippen LogP contribution >= 0.6 is 39.2 Å². The van der Waals surface area contributed by atoms with Crippen molar-refractivity contribution in [1.82, 2.24) is 14.7 Å². The fraction of sp³-hybridized carbons (Fsp3) is 0.250. The van der Waals surface area contributed by atoms with E-state index in [1.54, 1.807) is 7.05 Å². The number of carbonyl (C=O) groups is 1. The van der Waals surface area contributed by atoms with E-state index in [-0.39, 0.29) is 11.9 Å². The summed E-state index contributed by atoms with van der Waals surface area (Å²) in [7, 11) is 1.78. The van der Waals surface area contributed by atoms with Crippen molar-refractivity contribution in [2.24, 2.45) is 0 Å². The van der Waals surface area contributed by atoms with Crippen LogP contribution in [0, 0.1) is 6.92 Å². The Hall–Kier alpha value is -0.960. The Morgan fingerprint density at radius 3 is 2.95 bits per heavy atom. The lowest BCUT2D eigenvalue weighted by Gasteiger charge is -2.09. The van der Waals surface area contributed by atoms with Gasteiger partial charge in [-0.15, -0.1) is 0 Å². The highest BCUT2D eigenvalue weighted by atomic mass is 79.9. The monoisotopic (exact) mass is 370 g/mol. The summed E-state index contributed by atoms with van der Waals surface area (Å²) in [6, 6.07) is 3.66. The summed E-state index contributed by atoms with van der Waals surface area (Å²) >= 11 is 6.47. The second kappa shape index (κ2) is 5.44. The van der Waals surface area contributed by atoms with Gasteiger partial charge in [0.1, 0.15) is 11.9 Å². The topological polar surface area (TPSA) is 66.9 Å².